The number of nitrogens with zero attached hydrogens (tertiary/aromatic N) is 4. The van der Waals surface area contributed by atoms with Crippen molar-refractivity contribution >= 4 is 21.6 Å². The molecule has 38 heavy (non-hydrogen) atoms. The van der Waals surface area contributed by atoms with E-state index in [2.05, 4.69) is 42.1 Å². The molecular weight excluding hydrogens is 500 g/mol. The molecule has 0 N–H and O–H groups in total. The molecule has 202 valence electrons. The molecule has 1 aromatic heterocycles. The van der Waals surface area contributed by atoms with Gasteiger partial charge in [-0.15, -0.1) is 0 Å². The number of carbonyl (C=O) groups excluding carboxylic acids is 1. The van der Waals surface area contributed by atoms with Crippen LogP contribution in [0, 0.1) is 39.5 Å². The molecule has 2 fully saturated rings. The van der Waals surface area contributed by atoms with Crippen molar-refractivity contribution in [3.63, 3.8) is 0 Å². The molecule has 0 aliphatic carbocycles. The Bertz CT molecular complexity index is 1390. The van der Waals surface area contributed by atoms with Crippen LogP contribution in [0.2, 0.25) is 0 Å². The van der Waals surface area contributed by atoms with Crippen LogP contribution < -0.4 is 4.90 Å². The number of hydrogen-bond acceptors (Lipinski definition) is 6. The van der Waals surface area contributed by atoms with Crippen LogP contribution in [-0.4, -0.2) is 68.0 Å². The summed E-state index contributed by atoms with van der Waals surface area (Å²) >= 11 is 0. The van der Waals surface area contributed by atoms with Crippen LogP contribution in [0.4, 0.5) is 5.69 Å². The Labute approximate surface area is 225 Å². The first kappa shape index (κ1) is 26.4. The van der Waals surface area contributed by atoms with Gasteiger partial charge in [-0.3, -0.25) is 4.79 Å². The van der Waals surface area contributed by atoms with Crippen molar-refractivity contribution in [3.8, 4) is 0 Å². The topological polar surface area (TPSA) is 87.0 Å². The van der Waals surface area contributed by atoms with Gasteiger partial charge in [-0.2, -0.15) is 4.31 Å². The minimum Gasteiger partial charge on any atom is -0.368 e. The van der Waals surface area contributed by atoms with Crippen molar-refractivity contribution in [3.05, 3.63) is 76.7 Å². The number of carbonyl (C=O) groups is 1. The smallest absolute Gasteiger partial charge is 0.248 e. The van der Waals surface area contributed by atoms with Gasteiger partial charge < -0.3 is 14.3 Å². The quantitative estimate of drug-likeness (QED) is 0.477. The predicted molar refractivity (Wildman–Crippen MR) is 147 cm³/mol. The number of hydrogen-bond donors (Lipinski definition) is 0. The highest BCUT2D eigenvalue weighted by Crippen LogP contribution is 2.34. The highest BCUT2D eigenvalue weighted by Gasteiger charge is 2.45. The fourth-order valence-corrected chi connectivity index (χ4v) is 7.68. The summed E-state index contributed by atoms with van der Waals surface area (Å²) in [6.45, 7) is 10.7. The van der Waals surface area contributed by atoms with Crippen LogP contribution in [0.15, 0.2) is 57.9 Å². The van der Waals surface area contributed by atoms with Gasteiger partial charge in [-0.05, 0) is 62.8 Å². The lowest BCUT2D eigenvalue weighted by molar-refractivity contribution is -0.136. The molecule has 5 rings (SSSR count). The molecule has 2 saturated heterocycles. The van der Waals surface area contributed by atoms with E-state index in [-0.39, 0.29) is 29.0 Å². The Hall–Kier alpha value is -3.17. The fourth-order valence-electron chi connectivity index (χ4n) is 5.87. The normalized spacial score (nSPS) is 20.7. The number of rotatable bonds is 6. The van der Waals surface area contributed by atoms with Crippen molar-refractivity contribution in [1.82, 2.24) is 14.4 Å². The van der Waals surface area contributed by atoms with Crippen LogP contribution in [0.3, 0.4) is 0 Å². The van der Waals surface area contributed by atoms with Crippen molar-refractivity contribution in [2.45, 2.75) is 39.0 Å². The monoisotopic (exact) mass is 536 g/mol. The third kappa shape index (κ3) is 5.09. The molecule has 3 aromatic rings. The van der Waals surface area contributed by atoms with Gasteiger partial charge in [0.25, 0.3) is 0 Å². The molecule has 2 aliphatic rings. The third-order valence-electron chi connectivity index (χ3n) is 7.93. The van der Waals surface area contributed by atoms with E-state index in [1.54, 1.807) is 13.8 Å². The van der Waals surface area contributed by atoms with Crippen molar-refractivity contribution in [2.24, 2.45) is 11.8 Å². The van der Waals surface area contributed by atoms with Crippen LogP contribution in [-0.2, 0) is 21.2 Å². The second-order valence-electron chi connectivity index (χ2n) is 10.6. The summed E-state index contributed by atoms with van der Waals surface area (Å²) in [4.78, 5) is 18.3. The van der Waals surface area contributed by atoms with E-state index < -0.39 is 15.9 Å². The summed E-state index contributed by atoms with van der Waals surface area (Å²) in [5.74, 6) is -0.197. The van der Waals surface area contributed by atoms with Gasteiger partial charge >= 0.3 is 0 Å². The van der Waals surface area contributed by atoms with Crippen molar-refractivity contribution in [1.29, 1.82) is 0 Å². The van der Waals surface area contributed by atoms with Crippen LogP contribution >= 0.6 is 0 Å². The SMILES string of the molecule is Cc1ccc(C)c(N2CCN(C(=O)[C@@H]3CN(S(=O)(=O)c4c(C)noc4C)C[C@H]3Cc3ccccc3)CC2)c1. The van der Waals surface area contributed by atoms with Gasteiger partial charge in [0, 0.05) is 45.0 Å². The zero-order chi connectivity index (χ0) is 27.0. The van der Waals surface area contributed by atoms with E-state index >= 15 is 0 Å². The lowest BCUT2D eigenvalue weighted by Crippen LogP contribution is -2.51. The number of benzene rings is 2. The highest BCUT2D eigenvalue weighted by molar-refractivity contribution is 7.89. The molecule has 2 aromatic carbocycles. The molecule has 2 aliphatic heterocycles. The first-order valence-corrected chi connectivity index (χ1v) is 14.7. The maximum atomic E-state index is 13.9. The molecule has 8 nitrogen and oxygen atoms in total. The van der Waals surface area contributed by atoms with Crippen LogP contribution in [0.25, 0.3) is 0 Å². The zero-order valence-electron chi connectivity index (χ0n) is 22.6. The largest absolute Gasteiger partial charge is 0.368 e. The molecule has 3 heterocycles. The molecule has 0 saturated carbocycles. The average molecular weight is 537 g/mol. The number of sulfonamides is 1. The van der Waals surface area contributed by atoms with Gasteiger partial charge in [0.1, 0.15) is 10.6 Å². The van der Waals surface area contributed by atoms with E-state index in [1.807, 2.05) is 35.2 Å². The number of anilines is 1. The van der Waals surface area contributed by atoms with E-state index in [4.69, 9.17) is 4.52 Å². The minimum atomic E-state index is -3.83. The molecule has 0 spiro atoms. The minimum absolute atomic E-state index is 0.0445. The molecule has 0 radical (unpaired) electrons. The molecule has 0 bridgehead atoms. The summed E-state index contributed by atoms with van der Waals surface area (Å²) in [6.07, 6.45) is 0.646. The maximum absolute atomic E-state index is 13.9. The summed E-state index contributed by atoms with van der Waals surface area (Å²) in [7, 11) is -3.83. The molecule has 9 heteroatoms. The van der Waals surface area contributed by atoms with Crippen molar-refractivity contribution in [2.75, 3.05) is 44.2 Å². The average Bonchev–Trinajstić information content (AvgIpc) is 3.49. The zero-order valence-corrected chi connectivity index (χ0v) is 23.4. The highest BCUT2D eigenvalue weighted by atomic mass is 32.2. The predicted octanol–water partition coefficient (Wildman–Crippen LogP) is 3.74. The second-order valence-corrected chi connectivity index (χ2v) is 12.5. The summed E-state index contributed by atoms with van der Waals surface area (Å²) in [6, 6.07) is 16.5. The summed E-state index contributed by atoms with van der Waals surface area (Å²) < 4.78 is 33.9. The lowest BCUT2D eigenvalue weighted by atomic mass is 9.88. The molecule has 1 amide bonds. The Morgan fingerprint density at radius 1 is 0.974 bits per heavy atom. The molecule has 0 unspecified atom stereocenters. The second kappa shape index (κ2) is 10.5. The van der Waals surface area contributed by atoms with Crippen LogP contribution in [0.1, 0.15) is 28.1 Å². The van der Waals surface area contributed by atoms with E-state index in [1.165, 1.54) is 21.1 Å². The number of amides is 1. The summed E-state index contributed by atoms with van der Waals surface area (Å²) in [5.41, 5.74) is 5.12. The Morgan fingerprint density at radius 3 is 2.34 bits per heavy atom. The van der Waals surface area contributed by atoms with Gasteiger partial charge in [0.15, 0.2) is 5.76 Å². The Morgan fingerprint density at radius 2 is 1.68 bits per heavy atom. The Balaban J connectivity index is 1.35. The number of aromatic nitrogens is 1. The van der Waals surface area contributed by atoms with E-state index in [0.717, 1.165) is 18.7 Å². The number of piperazine rings is 1. The first-order chi connectivity index (χ1) is 18.1. The fraction of sp³-hybridized carbons (Fsp3) is 0.448. The van der Waals surface area contributed by atoms with Crippen LogP contribution in [0.5, 0.6) is 0 Å². The maximum Gasteiger partial charge on any atom is 0.248 e. The van der Waals surface area contributed by atoms with Gasteiger partial charge in [-0.25, -0.2) is 8.42 Å². The van der Waals surface area contributed by atoms with E-state index in [0.29, 0.717) is 31.7 Å². The number of aryl methyl sites for hydroxylation is 4. The third-order valence-corrected chi connectivity index (χ3v) is 10.0. The lowest BCUT2D eigenvalue weighted by Gasteiger charge is -2.38. The van der Waals surface area contributed by atoms with Gasteiger partial charge in [-0.1, -0.05) is 47.6 Å². The van der Waals surface area contributed by atoms with E-state index in [9.17, 15) is 13.2 Å². The van der Waals surface area contributed by atoms with Gasteiger partial charge in [0.05, 0.1) is 5.92 Å². The standard InChI is InChI=1S/C29H36N4O4S/c1-20-10-11-21(2)27(16-20)31-12-14-32(15-13-31)29(34)26-19-33(18-25(26)17-24-8-6-5-7-9-24)38(35,36)28-22(3)30-37-23(28)4/h5-11,16,25-26H,12-15,17-19H2,1-4H3/t25-,26-/m1/s1. The molecule has 2 atom stereocenters. The first-order valence-electron chi connectivity index (χ1n) is 13.2. The summed E-state index contributed by atoms with van der Waals surface area (Å²) in [5, 5.41) is 3.85. The molecular formula is C29H36N4O4S. The van der Waals surface area contributed by atoms with Gasteiger partial charge in [0.2, 0.25) is 15.9 Å². The Kier molecular flexibility index (Phi) is 7.33. The van der Waals surface area contributed by atoms with Crippen molar-refractivity contribution < 1.29 is 17.7 Å².